The minimum absolute atomic E-state index is 0.0112. The lowest BCUT2D eigenvalue weighted by Crippen LogP contribution is -2.40. The van der Waals surface area contributed by atoms with Gasteiger partial charge in [-0.1, -0.05) is 11.2 Å². The summed E-state index contributed by atoms with van der Waals surface area (Å²) in [5.41, 5.74) is -0.205. The van der Waals surface area contributed by atoms with E-state index >= 15 is 4.39 Å². The van der Waals surface area contributed by atoms with E-state index in [4.69, 9.17) is 13.8 Å². The smallest absolute Gasteiger partial charge is 0.410 e. The van der Waals surface area contributed by atoms with E-state index in [1.165, 1.54) is 19.2 Å². The SMILES string of the molecule is COC[C@H](c1ccc2oc([C@H](NC(=O)c3nonc3C3CC3)C3CCC(F)(F)CC3)nc2c1F)N1C[C@@H](C(F)(F)F)NC1=O. The van der Waals surface area contributed by atoms with Crippen LogP contribution in [0.2, 0.25) is 0 Å². The minimum atomic E-state index is -4.71. The van der Waals surface area contributed by atoms with Gasteiger partial charge < -0.3 is 24.7 Å². The Labute approximate surface area is 245 Å². The fourth-order valence-corrected chi connectivity index (χ4v) is 5.87. The quantitative estimate of drug-likeness (QED) is 0.310. The van der Waals surface area contributed by atoms with Crippen LogP contribution in [-0.2, 0) is 4.74 Å². The number of methoxy groups -OCH3 is 1. The molecule has 0 radical (unpaired) electrons. The van der Waals surface area contributed by atoms with Crippen molar-refractivity contribution in [2.75, 3.05) is 20.3 Å². The summed E-state index contributed by atoms with van der Waals surface area (Å²) >= 11 is 0. The van der Waals surface area contributed by atoms with Crippen molar-refractivity contribution in [3.63, 3.8) is 0 Å². The Morgan fingerprint density at radius 1 is 1.20 bits per heavy atom. The van der Waals surface area contributed by atoms with Crippen LogP contribution in [0.25, 0.3) is 11.1 Å². The molecule has 0 bridgehead atoms. The highest BCUT2D eigenvalue weighted by Crippen LogP contribution is 2.43. The van der Waals surface area contributed by atoms with Crippen molar-refractivity contribution in [1.29, 1.82) is 0 Å². The zero-order valence-corrected chi connectivity index (χ0v) is 23.3. The Kier molecular flexibility index (Phi) is 7.70. The van der Waals surface area contributed by atoms with Gasteiger partial charge >= 0.3 is 12.2 Å². The van der Waals surface area contributed by atoms with Crippen LogP contribution in [0, 0.1) is 11.7 Å². The predicted molar refractivity (Wildman–Crippen MR) is 137 cm³/mol. The third-order valence-electron chi connectivity index (χ3n) is 8.42. The second kappa shape index (κ2) is 11.2. The van der Waals surface area contributed by atoms with E-state index in [0.717, 1.165) is 17.7 Å². The monoisotopic (exact) mass is 630 g/mol. The van der Waals surface area contributed by atoms with Crippen LogP contribution in [0.4, 0.5) is 31.1 Å². The molecule has 3 atom stereocenters. The number of ether oxygens (including phenoxy) is 1. The number of alkyl halides is 5. The average molecular weight is 631 g/mol. The molecule has 17 heteroatoms. The lowest BCUT2D eigenvalue weighted by molar-refractivity contribution is -0.150. The van der Waals surface area contributed by atoms with Gasteiger partial charge in [0.1, 0.15) is 23.3 Å². The first-order valence-corrected chi connectivity index (χ1v) is 14.1. The maximum Gasteiger partial charge on any atom is 0.410 e. The summed E-state index contributed by atoms with van der Waals surface area (Å²) in [5, 5.41) is 12.1. The zero-order chi connectivity index (χ0) is 31.4. The molecule has 3 amide bonds. The number of urea groups is 1. The van der Waals surface area contributed by atoms with Crippen molar-refractivity contribution < 1.29 is 49.7 Å². The molecule has 2 N–H and O–H groups in total. The molecule has 3 fully saturated rings. The number of halogens is 6. The van der Waals surface area contributed by atoms with E-state index in [1.54, 1.807) is 0 Å². The number of rotatable bonds is 9. The molecule has 3 aromatic rings. The molecule has 2 aromatic heterocycles. The van der Waals surface area contributed by atoms with Gasteiger partial charge in [-0.05, 0) is 42.8 Å². The maximum absolute atomic E-state index is 16.0. The minimum Gasteiger partial charge on any atom is -0.438 e. The van der Waals surface area contributed by atoms with Gasteiger partial charge in [-0.15, -0.1) is 0 Å². The van der Waals surface area contributed by atoms with Crippen molar-refractivity contribution in [3.05, 3.63) is 40.8 Å². The van der Waals surface area contributed by atoms with Crippen LogP contribution in [0.5, 0.6) is 0 Å². The molecule has 0 unspecified atom stereocenters. The molecule has 2 saturated carbocycles. The highest BCUT2D eigenvalue weighted by Gasteiger charge is 2.49. The number of hydrogen-bond donors (Lipinski definition) is 2. The Bertz CT molecular complexity index is 1550. The summed E-state index contributed by atoms with van der Waals surface area (Å²) in [6.07, 6.45) is -3.94. The predicted octanol–water partition coefficient (Wildman–Crippen LogP) is 5.17. The lowest BCUT2D eigenvalue weighted by atomic mass is 9.82. The summed E-state index contributed by atoms with van der Waals surface area (Å²) in [4.78, 5) is 30.9. The Morgan fingerprint density at radius 2 is 1.93 bits per heavy atom. The van der Waals surface area contributed by atoms with Gasteiger partial charge in [0.2, 0.25) is 11.8 Å². The number of benzene rings is 1. The summed E-state index contributed by atoms with van der Waals surface area (Å²) in [5.74, 6) is -5.20. The number of oxazole rings is 1. The summed E-state index contributed by atoms with van der Waals surface area (Å²) in [6.45, 7) is -1.09. The number of aromatic nitrogens is 3. The first kappa shape index (κ1) is 30.1. The number of carbonyl (C=O) groups is 2. The molecule has 1 saturated heterocycles. The third kappa shape index (κ3) is 5.80. The van der Waals surface area contributed by atoms with Crippen LogP contribution >= 0.6 is 0 Å². The van der Waals surface area contributed by atoms with E-state index in [1.807, 2.05) is 5.32 Å². The van der Waals surface area contributed by atoms with Gasteiger partial charge in [-0.3, -0.25) is 4.79 Å². The Balaban J connectivity index is 1.33. The molecule has 2 aliphatic carbocycles. The largest absolute Gasteiger partial charge is 0.438 e. The van der Waals surface area contributed by atoms with Crippen LogP contribution in [0.1, 0.15) is 84.2 Å². The van der Waals surface area contributed by atoms with E-state index in [-0.39, 0.29) is 53.6 Å². The van der Waals surface area contributed by atoms with Gasteiger partial charge in [0.15, 0.2) is 17.1 Å². The van der Waals surface area contributed by atoms with Crippen LogP contribution in [0.15, 0.2) is 21.2 Å². The molecular formula is C27H28F6N6O5. The first-order chi connectivity index (χ1) is 20.9. The van der Waals surface area contributed by atoms with Gasteiger partial charge in [0, 0.05) is 31.4 Å². The number of nitrogens with zero attached hydrogens (tertiary/aromatic N) is 4. The van der Waals surface area contributed by atoms with E-state index in [0.29, 0.717) is 5.69 Å². The summed E-state index contributed by atoms with van der Waals surface area (Å²) in [7, 11) is 1.26. The fourth-order valence-electron chi connectivity index (χ4n) is 5.87. The highest BCUT2D eigenvalue weighted by molar-refractivity contribution is 5.93. The molecule has 6 rings (SSSR count). The van der Waals surface area contributed by atoms with Crippen molar-refractivity contribution >= 4 is 23.0 Å². The molecule has 0 spiro atoms. The Morgan fingerprint density at radius 3 is 2.57 bits per heavy atom. The normalized spacial score (nSPS) is 22.3. The molecule has 11 nitrogen and oxygen atoms in total. The van der Waals surface area contributed by atoms with Crippen molar-refractivity contribution in [2.24, 2.45) is 5.92 Å². The first-order valence-electron chi connectivity index (χ1n) is 14.1. The second-order valence-electron chi connectivity index (χ2n) is 11.5. The van der Waals surface area contributed by atoms with Gasteiger partial charge in [0.25, 0.3) is 5.91 Å². The van der Waals surface area contributed by atoms with E-state index in [9.17, 15) is 31.5 Å². The Hall–Kier alpha value is -3.89. The maximum atomic E-state index is 16.0. The van der Waals surface area contributed by atoms with Gasteiger partial charge in [0.05, 0.1) is 19.2 Å². The van der Waals surface area contributed by atoms with Crippen molar-refractivity contribution in [1.82, 2.24) is 30.8 Å². The third-order valence-corrected chi connectivity index (χ3v) is 8.42. The molecule has 238 valence electrons. The van der Waals surface area contributed by atoms with Gasteiger partial charge in [-0.2, -0.15) is 13.2 Å². The standard InChI is InChI=1S/C27H28F6N6O5/c1-42-11-15(39-10-17(27(31,32)33)34-25(39)41)14-4-5-16-21(18(14)28)36-24(43-16)20(13-6-8-26(29,30)9-7-13)35-23(40)22-19(12-2-3-12)37-44-38-22/h4-5,12-13,15,17,20H,2-3,6-11H2,1H3,(H,34,41)(H,35,40)/t15-,17+,20-/m1/s1. The van der Waals surface area contributed by atoms with Crippen molar-refractivity contribution in [3.8, 4) is 0 Å². The molecular weight excluding hydrogens is 602 g/mol. The summed E-state index contributed by atoms with van der Waals surface area (Å²) < 4.78 is 99.7. The number of amides is 3. The molecule has 1 aromatic carbocycles. The topological polar surface area (TPSA) is 136 Å². The number of carbonyl (C=O) groups excluding carboxylic acids is 2. The van der Waals surface area contributed by atoms with E-state index < -0.39 is 73.3 Å². The fraction of sp³-hybridized carbons (Fsp3) is 0.593. The molecule has 3 aliphatic rings. The highest BCUT2D eigenvalue weighted by atomic mass is 19.4. The molecule has 44 heavy (non-hydrogen) atoms. The number of nitrogens with one attached hydrogen (secondary N) is 2. The number of fused-ring (bicyclic) bond motifs is 1. The number of hydrogen-bond acceptors (Lipinski definition) is 8. The van der Waals surface area contributed by atoms with Crippen LogP contribution < -0.4 is 10.6 Å². The van der Waals surface area contributed by atoms with Crippen molar-refractivity contribution in [2.45, 2.75) is 74.7 Å². The zero-order valence-electron chi connectivity index (χ0n) is 23.3. The lowest BCUT2D eigenvalue weighted by Gasteiger charge is -2.32. The average Bonchev–Trinajstić information content (AvgIpc) is 3.34. The molecule has 1 aliphatic heterocycles. The molecule has 3 heterocycles. The second-order valence-corrected chi connectivity index (χ2v) is 11.5. The summed E-state index contributed by atoms with van der Waals surface area (Å²) in [6, 6.07) is -2.89. The van der Waals surface area contributed by atoms with E-state index in [2.05, 4.69) is 20.6 Å². The van der Waals surface area contributed by atoms with Crippen LogP contribution in [-0.4, -0.2) is 70.5 Å². The van der Waals surface area contributed by atoms with Crippen LogP contribution in [0.3, 0.4) is 0 Å². The van der Waals surface area contributed by atoms with Gasteiger partial charge in [-0.25, -0.2) is 27.6 Å².